The summed E-state index contributed by atoms with van der Waals surface area (Å²) in [6.45, 7) is 0.972. The van der Waals surface area contributed by atoms with Gasteiger partial charge in [0.15, 0.2) is 0 Å². The summed E-state index contributed by atoms with van der Waals surface area (Å²) in [5.41, 5.74) is 2.44. The minimum atomic E-state index is -3.88. The molecule has 0 fully saturated rings. The van der Waals surface area contributed by atoms with Gasteiger partial charge in [-0.25, -0.2) is 8.42 Å². The average Bonchev–Trinajstić information content (AvgIpc) is 3.32. The van der Waals surface area contributed by atoms with Crippen LogP contribution in [0.3, 0.4) is 0 Å². The number of rotatable bonds is 8. The molecule has 0 saturated carbocycles. The number of nitrogens with one attached hydrogen (secondary N) is 2. The van der Waals surface area contributed by atoms with Crippen LogP contribution in [0.25, 0.3) is 0 Å². The number of aromatic nitrogens is 2. The van der Waals surface area contributed by atoms with E-state index in [0.29, 0.717) is 18.1 Å². The lowest BCUT2D eigenvalue weighted by Gasteiger charge is -2.13. The van der Waals surface area contributed by atoms with Crippen LogP contribution >= 0.6 is 11.6 Å². The van der Waals surface area contributed by atoms with Crippen LogP contribution in [-0.2, 0) is 23.1 Å². The minimum absolute atomic E-state index is 0.0531. The Morgan fingerprint density at radius 2 is 1.61 bits per heavy atom. The van der Waals surface area contributed by atoms with Crippen LogP contribution in [0.15, 0.2) is 96.2 Å². The minimum Gasteiger partial charge on any atom is -0.348 e. The molecule has 3 aromatic carbocycles. The highest BCUT2D eigenvalue weighted by Crippen LogP contribution is 2.21. The SMILES string of the molecule is O=C(NCc1ccc(Cn2cccn2)cc1)c1ccccc1NS(=O)(=O)c1ccc(Cl)cc1. The van der Waals surface area contributed by atoms with Crippen LogP contribution in [0.2, 0.25) is 5.02 Å². The molecule has 1 amide bonds. The smallest absolute Gasteiger partial charge is 0.261 e. The first-order valence-corrected chi connectivity index (χ1v) is 12.0. The van der Waals surface area contributed by atoms with Crippen molar-refractivity contribution in [3.05, 3.63) is 113 Å². The second-order valence-corrected chi connectivity index (χ2v) is 9.43. The number of anilines is 1. The van der Waals surface area contributed by atoms with Gasteiger partial charge in [0, 0.05) is 24.0 Å². The van der Waals surface area contributed by atoms with Crippen LogP contribution in [0.5, 0.6) is 0 Å². The Morgan fingerprint density at radius 3 is 2.30 bits per heavy atom. The highest BCUT2D eigenvalue weighted by Gasteiger charge is 2.18. The molecule has 168 valence electrons. The molecule has 1 aromatic heterocycles. The number of sulfonamides is 1. The van der Waals surface area contributed by atoms with E-state index in [1.54, 1.807) is 30.5 Å². The van der Waals surface area contributed by atoms with Crippen molar-refractivity contribution < 1.29 is 13.2 Å². The van der Waals surface area contributed by atoms with Gasteiger partial charge in [0.1, 0.15) is 0 Å². The molecule has 0 spiro atoms. The highest BCUT2D eigenvalue weighted by atomic mass is 35.5. The largest absolute Gasteiger partial charge is 0.348 e. The van der Waals surface area contributed by atoms with Crippen LogP contribution in [-0.4, -0.2) is 24.1 Å². The van der Waals surface area contributed by atoms with Gasteiger partial charge in [0.25, 0.3) is 15.9 Å². The van der Waals surface area contributed by atoms with Gasteiger partial charge in [0.2, 0.25) is 0 Å². The lowest BCUT2D eigenvalue weighted by Crippen LogP contribution is -2.25. The van der Waals surface area contributed by atoms with Crippen molar-refractivity contribution in [3.8, 4) is 0 Å². The maximum absolute atomic E-state index is 12.8. The van der Waals surface area contributed by atoms with Crippen molar-refractivity contribution >= 4 is 33.2 Å². The molecule has 33 heavy (non-hydrogen) atoms. The molecule has 0 unspecified atom stereocenters. The summed E-state index contributed by atoms with van der Waals surface area (Å²) >= 11 is 5.84. The Labute approximate surface area is 197 Å². The summed E-state index contributed by atoms with van der Waals surface area (Å²) in [4.78, 5) is 12.9. The molecular formula is C24H21ClN4O3S. The van der Waals surface area contributed by atoms with Crippen molar-refractivity contribution in [1.29, 1.82) is 0 Å². The third kappa shape index (κ3) is 5.79. The molecule has 0 saturated heterocycles. The van der Waals surface area contributed by atoms with E-state index in [9.17, 15) is 13.2 Å². The molecule has 4 aromatic rings. The van der Waals surface area contributed by atoms with Crippen molar-refractivity contribution in [3.63, 3.8) is 0 Å². The zero-order chi connectivity index (χ0) is 23.3. The average molecular weight is 481 g/mol. The number of amides is 1. The van der Waals surface area contributed by atoms with Crippen LogP contribution in [0.1, 0.15) is 21.5 Å². The Balaban J connectivity index is 1.42. The fourth-order valence-electron chi connectivity index (χ4n) is 3.21. The summed E-state index contributed by atoms with van der Waals surface area (Å²) in [5, 5.41) is 7.47. The Hall–Kier alpha value is -3.62. The molecule has 0 atom stereocenters. The summed E-state index contributed by atoms with van der Waals surface area (Å²) in [7, 11) is -3.88. The van der Waals surface area contributed by atoms with Gasteiger partial charge in [-0.1, -0.05) is 48.0 Å². The van der Waals surface area contributed by atoms with E-state index in [1.807, 2.05) is 41.2 Å². The van der Waals surface area contributed by atoms with Crippen molar-refractivity contribution in [2.45, 2.75) is 18.0 Å². The fourth-order valence-corrected chi connectivity index (χ4v) is 4.41. The van der Waals surface area contributed by atoms with Crippen LogP contribution in [0, 0.1) is 0 Å². The number of hydrogen-bond acceptors (Lipinski definition) is 4. The Kier molecular flexibility index (Phi) is 6.76. The predicted octanol–water partition coefficient (Wildman–Crippen LogP) is 4.32. The van der Waals surface area contributed by atoms with Gasteiger partial charge in [0.05, 0.1) is 22.7 Å². The second kappa shape index (κ2) is 9.89. The molecule has 7 nitrogen and oxygen atoms in total. The van der Waals surface area contributed by atoms with E-state index in [1.165, 1.54) is 24.3 Å². The van der Waals surface area contributed by atoms with Gasteiger partial charge >= 0.3 is 0 Å². The number of benzene rings is 3. The maximum atomic E-state index is 12.8. The van der Waals surface area contributed by atoms with E-state index in [0.717, 1.165) is 11.1 Å². The number of para-hydroxylation sites is 1. The topological polar surface area (TPSA) is 93.1 Å². The standard InChI is InChI=1S/C24H21ClN4O3S/c25-20-10-12-21(13-11-20)33(31,32)28-23-5-2-1-4-22(23)24(30)26-16-18-6-8-19(9-7-18)17-29-15-3-14-27-29/h1-15,28H,16-17H2,(H,26,30). The van der Waals surface area contributed by atoms with Gasteiger partial charge in [-0.05, 0) is 53.6 Å². The second-order valence-electron chi connectivity index (χ2n) is 7.31. The summed E-state index contributed by atoms with van der Waals surface area (Å²) in [5.74, 6) is -0.384. The van der Waals surface area contributed by atoms with E-state index < -0.39 is 10.0 Å². The van der Waals surface area contributed by atoms with Gasteiger partial charge in [-0.2, -0.15) is 5.10 Å². The number of hydrogen-bond donors (Lipinski definition) is 2. The molecular weight excluding hydrogens is 460 g/mol. The Morgan fingerprint density at radius 1 is 0.909 bits per heavy atom. The van der Waals surface area contributed by atoms with Gasteiger partial charge in [-0.3, -0.25) is 14.2 Å². The lowest BCUT2D eigenvalue weighted by atomic mass is 10.1. The lowest BCUT2D eigenvalue weighted by molar-refractivity contribution is 0.0952. The maximum Gasteiger partial charge on any atom is 0.261 e. The van der Waals surface area contributed by atoms with Crippen molar-refractivity contribution in [2.75, 3.05) is 4.72 Å². The van der Waals surface area contributed by atoms with E-state index in [4.69, 9.17) is 11.6 Å². The molecule has 0 bridgehead atoms. The first-order chi connectivity index (χ1) is 15.9. The molecule has 4 rings (SSSR count). The van der Waals surface area contributed by atoms with Gasteiger partial charge < -0.3 is 5.32 Å². The Bertz CT molecular complexity index is 1340. The third-order valence-corrected chi connectivity index (χ3v) is 6.55. The summed E-state index contributed by atoms with van der Waals surface area (Å²) < 4.78 is 29.8. The monoisotopic (exact) mass is 480 g/mol. The molecule has 9 heteroatoms. The van der Waals surface area contributed by atoms with E-state index >= 15 is 0 Å². The molecule has 0 aliphatic rings. The number of nitrogens with zero attached hydrogens (tertiary/aromatic N) is 2. The molecule has 0 radical (unpaired) electrons. The third-order valence-electron chi connectivity index (χ3n) is 4.92. The van der Waals surface area contributed by atoms with Crippen LogP contribution in [0.4, 0.5) is 5.69 Å². The zero-order valence-corrected chi connectivity index (χ0v) is 19.1. The normalized spacial score (nSPS) is 11.2. The quantitative estimate of drug-likeness (QED) is 0.393. The van der Waals surface area contributed by atoms with E-state index in [2.05, 4.69) is 15.1 Å². The number of carbonyl (C=O) groups excluding carboxylic acids is 1. The summed E-state index contributed by atoms with van der Waals surface area (Å²) in [6.07, 6.45) is 3.63. The molecule has 1 heterocycles. The number of halogens is 1. The highest BCUT2D eigenvalue weighted by molar-refractivity contribution is 7.92. The van der Waals surface area contributed by atoms with E-state index in [-0.39, 0.29) is 22.1 Å². The predicted molar refractivity (Wildman–Crippen MR) is 128 cm³/mol. The first-order valence-electron chi connectivity index (χ1n) is 10.1. The molecule has 0 aliphatic heterocycles. The fraction of sp³-hybridized carbons (Fsp3) is 0.0833. The number of carbonyl (C=O) groups is 1. The van der Waals surface area contributed by atoms with Crippen molar-refractivity contribution in [1.82, 2.24) is 15.1 Å². The zero-order valence-electron chi connectivity index (χ0n) is 17.5. The first kappa shape index (κ1) is 22.6. The van der Waals surface area contributed by atoms with Crippen LogP contribution < -0.4 is 10.0 Å². The molecule has 2 N–H and O–H groups in total. The molecule has 0 aliphatic carbocycles. The van der Waals surface area contributed by atoms with Crippen molar-refractivity contribution in [2.24, 2.45) is 0 Å². The summed E-state index contributed by atoms with van der Waals surface area (Å²) in [6, 6.07) is 22.0. The van der Waals surface area contributed by atoms with Gasteiger partial charge in [-0.15, -0.1) is 0 Å².